The maximum atomic E-state index is 13.2. The van der Waals surface area contributed by atoms with Gasteiger partial charge >= 0.3 is 0 Å². The van der Waals surface area contributed by atoms with Crippen LogP contribution >= 0.6 is 11.6 Å². The lowest BCUT2D eigenvalue weighted by Gasteiger charge is -2.23. The molecule has 12 heteroatoms. The second-order valence-electron chi connectivity index (χ2n) is 7.98. The molecule has 0 spiro atoms. The Morgan fingerprint density at radius 2 is 2.03 bits per heavy atom. The number of sulfonamides is 1. The molecule has 0 bridgehead atoms. The first kappa shape index (κ1) is 21.4. The minimum Gasteiger partial charge on any atom is -0.372 e. The van der Waals surface area contributed by atoms with Crippen LogP contribution in [0.5, 0.6) is 0 Å². The molecule has 2 aromatic rings. The summed E-state index contributed by atoms with van der Waals surface area (Å²) >= 11 is 5.83. The van der Waals surface area contributed by atoms with Gasteiger partial charge in [-0.25, -0.2) is 18.4 Å². The minimum absolute atomic E-state index is 0.167. The molecule has 164 valence electrons. The van der Waals surface area contributed by atoms with Gasteiger partial charge in [-0.05, 0) is 39.5 Å². The van der Waals surface area contributed by atoms with Gasteiger partial charge in [0.1, 0.15) is 17.5 Å². The highest BCUT2D eigenvalue weighted by molar-refractivity contribution is 7.93. The van der Waals surface area contributed by atoms with Crippen LogP contribution < -0.4 is 4.72 Å². The van der Waals surface area contributed by atoms with E-state index in [-0.39, 0.29) is 23.4 Å². The van der Waals surface area contributed by atoms with Crippen LogP contribution in [0.4, 0.5) is 5.95 Å². The van der Waals surface area contributed by atoms with Crippen LogP contribution in [0.1, 0.15) is 63.4 Å². The van der Waals surface area contributed by atoms with Gasteiger partial charge in [0.25, 0.3) is 0 Å². The van der Waals surface area contributed by atoms with E-state index in [0.717, 1.165) is 25.7 Å². The third-order valence-electron chi connectivity index (χ3n) is 5.72. The molecule has 0 radical (unpaired) electrons. The Morgan fingerprint density at radius 3 is 2.60 bits per heavy atom. The van der Waals surface area contributed by atoms with Crippen molar-refractivity contribution in [2.24, 2.45) is 0 Å². The van der Waals surface area contributed by atoms with Gasteiger partial charge in [0.2, 0.25) is 16.0 Å². The summed E-state index contributed by atoms with van der Waals surface area (Å²) in [4.78, 5) is 8.21. The third kappa shape index (κ3) is 4.03. The lowest BCUT2D eigenvalue weighted by Crippen LogP contribution is -2.34. The van der Waals surface area contributed by atoms with Crippen molar-refractivity contribution in [3.05, 3.63) is 29.1 Å². The molecule has 1 saturated carbocycles. The van der Waals surface area contributed by atoms with E-state index in [2.05, 4.69) is 31.8 Å². The summed E-state index contributed by atoms with van der Waals surface area (Å²) in [5.74, 6) is 1.09. The molecule has 10 nitrogen and oxygen atoms in total. The number of hydrogen-bond acceptors (Lipinski definition) is 8. The molecule has 2 fully saturated rings. The van der Waals surface area contributed by atoms with Crippen LogP contribution in [0.3, 0.4) is 0 Å². The average molecular weight is 457 g/mol. The molecule has 2 aliphatic rings. The van der Waals surface area contributed by atoms with Gasteiger partial charge < -0.3 is 9.47 Å². The lowest BCUT2D eigenvalue weighted by atomic mass is 10.2. The zero-order valence-corrected chi connectivity index (χ0v) is 18.6. The van der Waals surface area contributed by atoms with Crippen LogP contribution in [-0.4, -0.2) is 52.1 Å². The number of ether oxygens (including phenoxy) is 2. The number of nitrogens with one attached hydrogen (secondary N) is 1. The van der Waals surface area contributed by atoms with E-state index in [0.29, 0.717) is 17.5 Å². The van der Waals surface area contributed by atoms with Gasteiger partial charge in [-0.1, -0.05) is 11.6 Å². The molecule has 3 atom stereocenters. The van der Waals surface area contributed by atoms with Crippen molar-refractivity contribution in [1.29, 1.82) is 0 Å². The molecule has 0 amide bonds. The summed E-state index contributed by atoms with van der Waals surface area (Å²) in [6.45, 7) is 4.27. The predicted molar refractivity (Wildman–Crippen MR) is 110 cm³/mol. The monoisotopic (exact) mass is 456 g/mol. The van der Waals surface area contributed by atoms with Crippen LogP contribution in [-0.2, 0) is 25.0 Å². The largest absolute Gasteiger partial charge is 0.372 e. The van der Waals surface area contributed by atoms with Crippen LogP contribution in [0, 0.1) is 0 Å². The van der Waals surface area contributed by atoms with Crippen molar-refractivity contribution in [2.45, 2.75) is 62.5 Å². The van der Waals surface area contributed by atoms with Crippen molar-refractivity contribution in [2.75, 3.05) is 18.4 Å². The smallest absolute Gasteiger partial charge is 0.240 e. The highest BCUT2D eigenvalue weighted by atomic mass is 35.5. The Hall–Kier alpha value is -1.82. The molecular formula is C18H25ClN6O4S. The first-order valence-corrected chi connectivity index (χ1v) is 11.8. The average Bonchev–Trinajstić information content (AvgIpc) is 3.12. The number of methoxy groups -OCH3 is 1. The van der Waals surface area contributed by atoms with E-state index in [1.165, 1.54) is 26.4 Å². The Balaban J connectivity index is 1.62. The topological polar surface area (TPSA) is 121 Å². The molecule has 1 aliphatic heterocycles. The summed E-state index contributed by atoms with van der Waals surface area (Å²) in [7, 11) is -2.49. The van der Waals surface area contributed by atoms with Crippen molar-refractivity contribution in [3.8, 4) is 0 Å². The summed E-state index contributed by atoms with van der Waals surface area (Å²) < 4.78 is 42.0. The molecule has 30 heavy (non-hydrogen) atoms. The standard InChI is InChI=1S/C18H25ClN6O4S/c1-11(14(28-3)15-20-9-12(19)10-21-15)30(26,27)24-17-23-22-16(13-5-4-8-29-13)25(17)18(2)6-7-18/h9-11,13-14H,4-8H2,1-3H3,(H,23,24)/t11-,13-,14-/m0/s1. The van der Waals surface area contributed by atoms with E-state index in [9.17, 15) is 8.42 Å². The number of hydrogen-bond donors (Lipinski definition) is 1. The minimum atomic E-state index is -3.90. The predicted octanol–water partition coefficient (Wildman–Crippen LogP) is 2.60. The van der Waals surface area contributed by atoms with Gasteiger partial charge in [-0.15, -0.1) is 10.2 Å². The van der Waals surface area contributed by atoms with Crippen LogP contribution in [0.2, 0.25) is 5.02 Å². The quantitative estimate of drug-likeness (QED) is 0.643. The van der Waals surface area contributed by atoms with E-state index in [4.69, 9.17) is 21.1 Å². The molecule has 0 unspecified atom stereocenters. The molecule has 4 rings (SSSR count). The number of aromatic nitrogens is 5. The summed E-state index contributed by atoms with van der Waals surface area (Å²) in [6, 6.07) is 0. The molecule has 1 N–H and O–H groups in total. The fourth-order valence-electron chi connectivity index (χ4n) is 3.65. The lowest BCUT2D eigenvalue weighted by molar-refractivity contribution is 0.0949. The number of nitrogens with zero attached hydrogens (tertiary/aromatic N) is 5. The van der Waals surface area contributed by atoms with Crippen molar-refractivity contribution < 1.29 is 17.9 Å². The zero-order chi connectivity index (χ0) is 21.5. The van der Waals surface area contributed by atoms with Gasteiger partial charge in [-0.3, -0.25) is 9.29 Å². The molecule has 1 aliphatic carbocycles. The van der Waals surface area contributed by atoms with E-state index in [1.807, 2.05) is 4.57 Å². The molecule has 1 saturated heterocycles. The van der Waals surface area contributed by atoms with E-state index >= 15 is 0 Å². The summed E-state index contributed by atoms with van der Waals surface area (Å²) in [5.41, 5.74) is -0.216. The van der Waals surface area contributed by atoms with Gasteiger partial charge in [-0.2, -0.15) is 0 Å². The second-order valence-corrected chi connectivity index (χ2v) is 10.5. The molecule has 2 aromatic heterocycles. The van der Waals surface area contributed by atoms with E-state index in [1.54, 1.807) is 0 Å². The Labute approximate surface area is 180 Å². The molecular weight excluding hydrogens is 432 g/mol. The number of rotatable bonds is 8. The van der Waals surface area contributed by atoms with Crippen molar-refractivity contribution in [3.63, 3.8) is 0 Å². The summed E-state index contributed by atoms with van der Waals surface area (Å²) in [6.07, 6.45) is 5.40. The molecule has 3 heterocycles. The number of halogens is 1. The zero-order valence-electron chi connectivity index (χ0n) is 17.1. The second kappa shape index (κ2) is 8.03. The molecule has 0 aromatic carbocycles. The van der Waals surface area contributed by atoms with Crippen LogP contribution in [0.25, 0.3) is 0 Å². The maximum Gasteiger partial charge on any atom is 0.240 e. The van der Waals surface area contributed by atoms with E-state index < -0.39 is 21.4 Å². The third-order valence-corrected chi connectivity index (χ3v) is 7.61. The van der Waals surface area contributed by atoms with Gasteiger partial charge in [0.15, 0.2) is 11.6 Å². The normalized spacial score (nSPS) is 22.6. The first-order valence-electron chi connectivity index (χ1n) is 9.84. The first-order chi connectivity index (χ1) is 14.2. The fraction of sp³-hybridized carbons (Fsp3) is 0.667. The Morgan fingerprint density at radius 1 is 1.33 bits per heavy atom. The van der Waals surface area contributed by atoms with Crippen LogP contribution in [0.15, 0.2) is 12.4 Å². The number of anilines is 1. The SMILES string of the molecule is CO[C@H](c1ncc(Cl)cn1)[C@H](C)S(=O)(=O)Nc1nnc([C@@H]2CCCO2)n1C1(C)CC1. The Kier molecular flexibility index (Phi) is 5.73. The van der Waals surface area contributed by atoms with Crippen molar-refractivity contribution in [1.82, 2.24) is 24.7 Å². The Bertz CT molecular complexity index is 1000. The summed E-state index contributed by atoms with van der Waals surface area (Å²) in [5, 5.41) is 7.79. The van der Waals surface area contributed by atoms with Crippen molar-refractivity contribution >= 4 is 27.6 Å². The highest BCUT2D eigenvalue weighted by Crippen LogP contribution is 2.47. The highest BCUT2D eigenvalue weighted by Gasteiger charge is 2.45. The maximum absolute atomic E-state index is 13.2. The fourth-order valence-corrected chi connectivity index (χ4v) is 4.88. The van der Waals surface area contributed by atoms with Gasteiger partial charge in [0, 0.05) is 31.6 Å². The van der Waals surface area contributed by atoms with Gasteiger partial charge in [0.05, 0.1) is 5.02 Å².